The number of likely N-dealkylation sites (tertiary alicyclic amines) is 1. The molecule has 394 valence electrons. The number of alkyl halides is 2. The van der Waals surface area contributed by atoms with Crippen LogP contribution < -0.4 is 35.8 Å². The zero-order valence-corrected chi connectivity index (χ0v) is 42.2. The Morgan fingerprint density at radius 1 is 0.918 bits per heavy atom. The summed E-state index contributed by atoms with van der Waals surface area (Å²) in [4.78, 5) is 91.4. The van der Waals surface area contributed by atoms with Crippen molar-refractivity contribution >= 4 is 64.3 Å². The molecule has 8 rings (SSSR count). The lowest BCUT2D eigenvalue weighted by atomic mass is 10.0. The van der Waals surface area contributed by atoms with Gasteiger partial charge in [0.2, 0.25) is 17.8 Å². The average molecular weight is 1020 g/mol. The van der Waals surface area contributed by atoms with Gasteiger partial charge in [-0.05, 0) is 90.8 Å². The number of hydrogen-bond donors (Lipinski definition) is 4. The molecule has 1 aliphatic carbocycles. The molecule has 6 amide bonds. The number of rotatable bonds is 19. The molecule has 4 N–H and O–H groups in total. The van der Waals surface area contributed by atoms with E-state index in [9.17, 15) is 28.8 Å². The second-order valence-electron chi connectivity index (χ2n) is 20.6. The molecular weight excluding hydrogens is 954 g/mol. The van der Waals surface area contributed by atoms with Gasteiger partial charge in [-0.15, -0.1) is 0 Å². The van der Waals surface area contributed by atoms with Gasteiger partial charge in [-0.2, -0.15) is 13.8 Å². The van der Waals surface area contributed by atoms with Crippen molar-refractivity contribution in [2.45, 2.75) is 127 Å². The lowest BCUT2D eigenvalue weighted by Crippen LogP contribution is -2.54. The van der Waals surface area contributed by atoms with Crippen LogP contribution in [0.4, 0.5) is 42.0 Å². The van der Waals surface area contributed by atoms with Crippen LogP contribution in [0.5, 0.6) is 5.75 Å². The van der Waals surface area contributed by atoms with E-state index in [2.05, 4.69) is 36.1 Å². The molecule has 0 bridgehead atoms. The highest BCUT2D eigenvalue weighted by molar-refractivity contribution is 6.25. The SMILES string of the molecule is COc1cc(C(=O)NC2CCN(CCOC(C)(C)CCOC(C)(C)CCNc3cccc4c3C(=O)N(C3CCC(=O)NC3=O)C4=O)CC2)c(F)cc1Nc1ncc2c(n1)N(C1CCCC1)CC(F)(F)C(=O)N2C. The van der Waals surface area contributed by atoms with Gasteiger partial charge in [0.05, 0.1) is 66.6 Å². The number of nitrogens with one attached hydrogen (secondary N) is 4. The number of piperidine rings is 2. The molecule has 1 aromatic heterocycles. The first-order valence-electron chi connectivity index (χ1n) is 25.0. The summed E-state index contributed by atoms with van der Waals surface area (Å²) in [5.74, 6) is -8.35. The molecule has 4 aliphatic heterocycles. The van der Waals surface area contributed by atoms with Crippen LogP contribution in [-0.4, -0.2) is 151 Å². The van der Waals surface area contributed by atoms with Crippen LogP contribution in [0.2, 0.25) is 0 Å². The van der Waals surface area contributed by atoms with Gasteiger partial charge >= 0.3 is 5.92 Å². The fourth-order valence-electron chi connectivity index (χ4n) is 10.1. The monoisotopic (exact) mass is 1020 g/mol. The number of halogens is 3. The molecule has 22 heteroatoms. The fourth-order valence-corrected chi connectivity index (χ4v) is 10.1. The van der Waals surface area contributed by atoms with Crippen LogP contribution in [0.25, 0.3) is 0 Å². The summed E-state index contributed by atoms with van der Waals surface area (Å²) in [5, 5.41) is 11.4. The maximum Gasteiger partial charge on any atom is 0.342 e. The highest BCUT2D eigenvalue weighted by atomic mass is 19.3. The number of fused-ring (bicyclic) bond motifs is 2. The highest BCUT2D eigenvalue weighted by Gasteiger charge is 2.49. The predicted molar refractivity (Wildman–Crippen MR) is 264 cm³/mol. The smallest absolute Gasteiger partial charge is 0.342 e. The summed E-state index contributed by atoms with van der Waals surface area (Å²) in [6, 6.07) is 5.88. The van der Waals surface area contributed by atoms with E-state index in [-0.39, 0.29) is 70.5 Å². The molecule has 0 radical (unpaired) electrons. The van der Waals surface area contributed by atoms with E-state index in [1.165, 1.54) is 31.3 Å². The summed E-state index contributed by atoms with van der Waals surface area (Å²) < 4.78 is 64.0. The quantitative estimate of drug-likeness (QED) is 0.104. The standard InChI is InChI=1S/C51H65F3N10O9/c1-49(2,18-20-55-35-13-9-12-32-41(35)46(69)64(45(32)68)37-14-15-40(65)59-44(37)67)72-24-19-50(3,4)73-25-23-62-21-16-30(17-22-62)57-43(66)33-26-39(71-6)36(27-34(33)52)58-48-56-28-38-42(60-48)63(31-10-7-8-11-31)29-51(53,54)47(70)61(38)5/h9,12-13,26-28,30-31,37,55H,7-8,10-11,14-25,29H2,1-6H3,(H,57,66)(H,56,58,60)(H,59,65,67). The molecule has 73 heavy (non-hydrogen) atoms. The zero-order chi connectivity index (χ0) is 52.4. The van der Waals surface area contributed by atoms with Crippen molar-refractivity contribution < 1.29 is 56.1 Å². The van der Waals surface area contributed by atoms with Gasteiger partial charge in [-0.25, -0.2) is 9.37 Å². The third-order valence-electron chi connectivity index (χ3n) is 14.4. The van der Waals surface area contributed by atoms with Gasteiger partial charge < -0.3 is 44.9 Å². The number of imide groups is 2. The van der Waals surface area contributed by atoms with Crippen molar-refractivity contribution in [2.24, 2.45) is 0 Å². The number of carbonyl (C=O) groups is 6. The first kappa shape index (κ1) is 52.9. The molecule has 2 aromatic carbocycles. The lowest BCUT2D eigenvalue weighted by molar-refractivity contribution is -0.140. The number of carbonyl (C=O) groups excluding carboxylic acids is 6. The van der Waals surface area contributed by atoms with Crippen LogP contribution in [0.1, 0.15) is 123 Å². The average Bonchev–Trinajstić information content (AvgIpc) is 3.95. The van der Waals surface area contributed by atoms with Crippen LogP contribution in [0.15, 0.2) is 36.5 Å². The molecule has 1 saturated carbocycles. The van der Waals surface area contributed by atoms with Crippen LogP contribution in [-0.2, 0) is 23.9 Å². The molecule has 5 aliphatic rings. The Morgan fingerprint density at radius 2 is 1.63 bits per heavy atom. The summed E-state index contributed by atoms with van der Waals surface area (Å²) in [6.45, 7) is 10.6. The maximum absolute atomic E-state index is 15.7. The molecular formula is C51H65F3N10O9. The topological polar surface area (TPSA) is 217 Å². The first-order valence-corrected chi connectivity index (χ1v) is 25.0. The first-order chi connectivity index (χ1) is 34.6. The Hall–Kier alpha value is -6.39. The third kappa shape index (κ3) is 11.9. The Morgan fingerprint density at radius 3 is 2.34 bits per heavy atom. The van der Waals surface area contributed by atoms with E-state index in [0.717, 1.165) is 28.7 Å². The number of aromatic nitrogens is 2. The molecule has 0 spiro atoms. The summed E-state index contributed by atoms with van der Waals surface area (Å²) >= 11 is 0. The fraction of sp³-hybridized carbons (Fsp3) is 0.569. The number of methoxy groups -OCH3 is 1. The van der Waals surface area contributed by atoms with Gasteiger partial charge in [0, 0.05) is 63.5 Å². The summed E-state index contributed by atoms with van der Waals surface area (Å²) in [7, 11) is 2.64. The predicted octanol–water partition coefficient (Wildman–Crippen LogP) is 5.81. The second-order valence-corrected chi connectivity index (χ2v) is 20.6. The van der Waals surface area contributed by atoms with E-state index < -0.39 is 71.0 Å². The van der Waals surface area contributed by atoms with E-state index in [0.29, 0.717) is 83.6 Å². The number of nitrogens with zero attached hydrogens (tertiary/aromatic N) is 6. The number of hydrogen-bond acceptors (Lipinski definition) is 15. The van der Waals surface area contributed by atoms with Gasteiger partial charge in [0.25, 0.3) is 23.6 Å². The molecule has 1 atom stereocenters. The van der Waals surface area contributed by atoms with Gasteiger partial charge in [-0.3, -0.25) is 39.0 Å². The minimum Gasteiger partial charge on any atom is -0.495 e. The van der Waals surface area contributed by atoms with Crippen molar-refractivity contribution in [3.63, 3.8) is 0 Å². The van der Waals surface area contributed by atoms with E-state index >= 15 is 13.2 Å². The second kappa shape index (κ2) is 21.6. The minimum absolute atomic E-state index is 0.0293. The summed E-state index contributed by atoms with van der Waals surface area (Å²) in [6.07, 6.45) is 6.99. The molecule has 19 nitrogen and oxygen atoms in total. The van der Waals surface area contributed by atoms with Crippen molar-refractivity contribution in [2.75, 3.05) is 80.5 Å². The number of benzene rings is 2. The van der Waals surface area contributed by atoms with Crippen molar-refractivity contribution in [1.82, 2.24) is 30.4 Å². The Balaban J connectivity index is 0.759. The zero-order valence-electron chi connectivity index (χ0n) is 42.2. The Labute approximate surface area is 422 Å². The molecule has 3 aromatic rings. The van der Waals surface area contributed by atoms with E-state index in [1.54, 1.807) is 18.2 Å². The molecule has 3 fully saturated rings. The summed E-state index contributed by atoms with van der Waals surface area (Å²) in [5.41, 5.74) is -0.0855. The van der Waals surface area contributed by atoms with Gasteiger partial charge in [0.1, 0.15) is 23.3 Å². The molecule has 1 unspecified atom stereocenters. The van der Waals surface area contributed by atoms with Crippen molar-refractivity contribution in [1.29, 1.82) is 0 Å². The van der Waals surface area contributed by atoms with Crippen LogP contribution in [0, 0.1) is 5.82 Å². The number of amides is 6. The van der Waals surface area contributed by atoms with E-state index in [1.807, 2.05) is 27.7 Å². The van der Waals surface area contributed by atoms with Gasteiger partial charge in [0.15, 0.2) is 5.82 Å². The normalized spacial score (nSPS) is 20.0. The maximum atomic E-state index is 15.7. The Kier molecular flexibility index (Phi) is 15.7. The number of ether oxygens (including phenoxy) is 3. The van der Waals surface area contributed by atoms with E-state index in [4.69, 9.17) is 14.2 Å². The Bertz CT molecular complexity index is 2620. The minimum atomic E-state index is -3.64. The lowest BCUT2D eigenvalue weighted by Gasteiger charge is -2.34. The molecule has 2 saturated heterocycles. The number of anilines is 5. The molecule has 5 heterocycles. The van der Waals surface area contributed by atoms with Crippen molar-refractivity contribution in [3.05, 3.63) is 59.0 Å². The highest BCUT2D eigenvalue weighted by Crippen LogP contribution is 2.41. The van der Waals surface area contributed by atoms with Crippen LogP contribution >= 0.6 is 0 Å². The van der Waals surface area contributed by atoms with Gasteiger partial charge in [-0.1, -0.05) is 18.9 Å². The van der Waals surface area contributed by atoms with Crippen molar-refractivity contribution in [3.8, 4) is 5.75 Å². The van der Waals surface area contributed by atoms with Crippen LogP contribution in [0.3, 0.4) is 0 Å². The largest absolute Gasteiger partial charge is 0.495 e. The third-order valence-corrected chi connectivity index (χ3v) is 14.4.